The summed E-state index contributed by atoms with van der Waals surface area (Å²) < 4.78 is 5.81. The lowest BCUT2D eigenvalue weighted by Gasteiger charge is -2.06. The molecule has 7 heteroatoms. The van der Waals surface area contributed by atoms with Gasteiger partial charge in [0.2, 0.25) is 5.13 Å². The SMILES string of the molecule is Cc1ccccc1Nc1nnc(SCC(=O)OC(C)C)s1. The van der Waals surface area contributed by atoms with E-state index in [2.05, 4.69) is 15.5 Å². The van der Waals surface area contributed by atoms with Crippen LogP contribution in [0.25, 0.3) is 0 Å². The third-order valence-corrected chi connectivity index (χ3v) is 4.42. The van der Waals surface area contributed by atoms with Crippen molar-refractivity contribution in [3.8, 4) is 0 Å². The number of anilines is 2. The Morgan fingerprint density at radius 2 is 2.14 bits per heavy atom. The maximum atomic E-state index is 11.5. The Morgan fingerprint density at radius 3 is 2.86 bits per heavy atom. The number of carbonyl (C=O) groups excluding carboxylic acids is 1. The highest BCUT2D eigenvalue weighted by molar-refractivity contribution is 8.01. The lowest BCUT2D eigenvalue weighted by molar-refractivity contribution is -0.144. The number of aromatic nitrogens is 2. The summed E-state index contributed by atoms with van der Waals surface area (Å²) in [5, 5.41) is 12.1. The van der Waals surface area contributed by atoms with Gasteiger partial charge in [0.1, 0.15) is 0 Å². The molecule has 0 atom stereocenters. The molecule has 0 saturated heterocycles. The summed E-state index contributed by atoms with van der Waals surface area (Å²) in [4.78, 5) is 11.5. The lowest BCUT2D eigenvalue weighted by Crippen LogP contribution is -2.13. The number of para-hydroxylation sites is 1. The van der Waals surface area contributed by atoms with Gasteiger partial charge < -0.3 is 10.1 Å². The molecule has 2 aromatic rings. The maximum Gasteiger partial charge on any atom is 0.316 e. The Morgan fingerprint density at radius 1 is 1.38 bits per heavy atom. The molecule has 1 N–H and O–H groups in total. The molecule has 0 unspecified atom stereocenters. The van der Waals surface area contributed by atoms with Gasteiger partial charge in [-0.15, -0.1) is 10.2 Å². The Kier molecular flexibility index (Phi) is 5.58. The number of nitrogens with zero attached hydrogens (tertiary/aromatic N) is 2. The fourth-order valence-electron chi connectivity index (χ4n) is 1.56. The minimum atomic E-state index is -0.237. The summed E-state index contributed by atoms with van der Waals surface area (Å²) in [5.74, 6) is 0.00981. The third-order valence-electron chi connectivity index (χ3n) is 2.47. The average Bonchev–Trinajstić information content (AvgIpc) is 2.86. The van der Waals surface area contributed by atoms with Crippen LogP contribution >= 0.6 is 23.1 Å². The van der Waals surface area contributed by atoms with E-state index in [1.165, 1.54) is 23.1 Å². The Bertz CT molecular complexity index is 614. The molecule has 1 aromatic carbocycles. The van der Waals surface area contributed by atoms with Crippen molar-refractivity contribution < 1.29 is 9.53 Å². The standard InChI is InChI=1S/C14H17N3O2S2/c1-9(2)19-12(18)8-20-14-17-16-13(21-14)15-11-7-5-4-6-10(11)3/h4-7,9H,8H2,1-3H3,(H,15,16). The van der Waals surface area contributed by atoms with Crippen LogP contribution in [0.5, 0.6) is 0 Å². The first-order valence-electron chi connectivity index (χ1n) is 6.53. The minimum Gasteiger partial charge on any atom is -0.462 e. The van der Waals surface area contributed by atoms with Gasteiger partial charge in [0.05, 0.1) is 11.9 Å². The summed E-state index contributed by atoms with van der Waals surface area (Å²) in [7, 11) is 0. The fourth-order valence-corrected chi connectivity index (χ4v) is 3.11. The normalized spacial score (nSPS) is 10.7. The van der Waals surface area contributed by atoms with Crippen LogP contribution in [0.1, 0.15) is 19.4 Å². The number of rotatable bonds is 6. The third kappa shape index (κ3) is 5.02. The smallest absolute Gasteiger partial charge is 0.316 e. The van der Waals surface area contributed by atoms with Crippen molar-refractivity contribution in [2.75, 3.05) is 11.1 Å². The molecule has 0 aliphatic rings. The zero-order valence-electron chi connectivity index (χ0n) is 12.1. The first-order valence-corrected chi connectivity index (χ1v) is 8.33. The zero-order valence-corrected chi connectivity index (χ0v) is 13.8. The van der Waals surface area contributed by atoms with E-state index in [0.717, 1.165) is 15.6 Å². The molecule has 0 radical (unpaired) electrons. The van der Waals surface area contributed by atoms with E-state index in [1.54, 1.807) is 0 Å². The average molecular weight is 323 g/mol. The topological polar surface area (TPSA) is 64.1 Å². The van der Waals surface area contributed by atoms with Crippen LogP contribution in [-0.4, -0.2) is 28.0 Å². The molecular formula is C14H17N3O2S2. The monoisotopic (exact) mass is 323 g/mol. The molecule has 5 nitrogen and oxygen atoms in total. The number of carbonyl (C=O) groups is 1. The van der Waals surface area contributed by atoms with Crippen molar-refractivity contribution >= 4 is 39.9 Å². The molecule has 1 aromatic heterocycles. The molecule has 21 heavy (non-hydrogen) atoms. The van der Waals surface area contributed by atoms with E-state index in [0.29, 0.717) is 5.13 Å². The molecular weight excluding hydrogens is 306 g/mol. The molecule has 0 saturated carbocycles. The van der Waals surface area contributed by atoms with Crippen LogP contribution in [0.2, 0.25) is 0 Å². The number of thioether (sulfide) groups is 1. The first kappa shape index (κ1) is 15.8. The van der Waals surface area contributed by atoms with Crippen LogP contribution < -0.4 is 5.32 Å². The molecule has 0 bridgehead atoms. The van der Waals surface area contributed by atoms with Gasteiger partial charge in [-0.25, -0.2) is 0 Å². The fraction of sp³-hybridized carbons (Fsp3) is 0.357. The van der Waals surface area contributed by atoms with Gasteiger partial charge in [0, 0.05) is 5.69 Å². The second kappa shape index (κ2) is 7.42. The van der Waals surface area contributed by atoms with E-state index in [9.17, 15) is 4.79 Å². The summed E-state index contributed by atoms with van der Waals surface area (Å²) >= 11 is 2.76. The summed E-state index contributed by atoms with van der Waals surface area (Å²) in [6.45, 7) is 5.69. The van der Waals surface area contributed by atoms with Gasteiger partial charge in [-0.2, -0.15) is 0 Å². The van der Waals surface area contributed by atoms with Crippen LogP contribution in [0, 0.1) is 6.92 Å². The van der Waals surface area contributed by atoms with Gasteiger partial charge in [0.25, 0.3) is 0 Å². The predicted molar refractivity (Wildman–Crippen MR) is 86.3 cm³/mol. The highest BCUT2D eigenvalue weighted by atomic mass is 32.2. The second-order valence-corrected chi connectivity index (χ2v) is 6.84. The maximum absolute atomic E-state index is 11.5. The number of ether oxygens (including phenoxy) is 1. The minimum absolute atomic E-state index is 0.0918. The molecule has 0 spiro atoms. The number of hydrogen-bond acceptors (Lipinski definition) is 7. The number of aryl methyl sites for hydroxylation is 1. The Balaban J connectivity index is 1.90. The van der Waals surface area contributed by atoms with Gasteiger partial charge in [-0.1, -0.05) is 41.3 Å². The predicted octanol–water partition coefficient (Wildman–Crippen LogP) is 3.63. The molecule has 2 rings (SSSR count). The van der Waals surface area contributed by atoms with E-state index in [4.69, 9.17) is 4.74 Å². The van der Waals surface area contributed by atoms with E-state index >= 15 is 0 Å². The molecule has 0 amide bonds. The summed E-state index contributed by atoms with van der Waals surface area (Å²) in [6.07, 6.45) is -0.0918. The highest BCUT2D eigenvalue weighted by Gasteiger charge is 2.10. The Labute approximate surface area is 132 Å². The summed E-state index contributed by atoms with van der Waals surface area (Å²) in [6, 6.07) is 7.97. The molecule has 0 aliphatic carbocycles. The van der Waals surface area contributed by atoms with Crippen molar-refractivity contribution in [1.29, 1.82) is 0 Å². The molecule has 1 heterocycles. The van der Waals surface area contributed by atoms with Crippen LogP contribution in [0.3, 0.4) is 0 Å². The van der Waals surface area contributed by atoms with E-state index < -0.39 is 0 Å². The largest absolute Gasteiger partial charge is 0.462 e. The Hall–Kier alpha value is -1.60. The highest BCUT2D eigenvalue weighted by Crippen LogP contribution is 2.28. The molecule has 0 aliphatic heterocycles. The van der Waals surface area contributed by atoms with Crippen molar-refractivity contribution in [3.05, 3.63) is 29.8 Å². The van der Waals surface area contributed by atoms with E-state index in [-0.39, 0.29) is 17.8 Å². The lowest BCUT2D eigenvalue weighted by atomic mass is 10.2. The van der Waals surface area contributed by atoms with Gasteiger partial charge in [0.15, 0.2) is 4.34 Å². The first-order chi connectivity index (χ1) is 10.0. The van der Waals surface area contributed by atoms with Crippen LogP contribution in [0.15, 0.2) is 28.6 Å². The molecule has 112 valence electrons. The van der Waals surface area contributed by atoms with Crippen LogP contribution in [-0.2, 0) is 9.53 Å². The van der Waals surface area contributed by atoms with Crippen molar-refractivity contribution in [1.82, 2.24) is 10.2 Å². The van der Waals surface area contributed by atoms with Crippen molar-refractivity contribution in [3.63, 3.8) is 0 Å². The summed E-state index contributed by atoms with van der Waals surface area (Å²) in [5.41, 5.74) is 2.15. The zero-order chi connectivity index (χ0) is 15.2. The van der Waals surface area contributed by atoms with Crippen LogP contribution in [0.4, 0.5) is 10.8 Å². The van der Waals surface area contributed by atoms with Crippen molar-refractivity contribution in [2.45, 2.75) is 31.2 Å². The quantitative estimate of drug-likeness (QED) is 0.647. The number of hydrogen-bond donors (Lipinski definition) is 1. The number of esters is 1. The van der Waals surface area contributed by atoms with Gasteiger partial charge >= 0.3 is 5.97 Å². The number of benzene rings is 1. The number of nitrogens with one attached hydrogen (secondary N) is 1. The van der Waals surface area contributed by atoms with Gasteiger partial charge in [-0.05, 0) is 32.4 Å². The van der Waals surface area contributed by atoms with Gasteiger partial charge in [-0.3, -0.25) is 4.79 Å². The second-order valence-electron chi connectivity index (χ2n) is 4.64. The van der Waals surface area contributed by atoms with E-state index in [1.807, 2.05) is 45.0 Å². The molecule has 0 fully saturated rings. The van der Waals surface area contributed by atoms with Crippen molar-refractivity contribution in [2.24, 2.45) is 0 Å².